The predicted molar refractivity (Wildman–Crippen MR) is 122 cm³/mol. The highest BCUT2D eigenvalue weighted by atomic mass is 32.1. The van der Waals surface area contributed by atoms with Gasteiger partial charge < -0.3 is 9.72 Å². The lowest BCUT2D eigenvalue weighted by atomic mass is 10.1. The van der Waals surface area contributed by atoms with Crippen LogP contribution in [-0.4, -0.2) is 37.2 Å². The summed E-state index contributed by atoms with van der Waals surface area (Å²) in [5, 5.41) is 12.7. The molecule has 0 spiro atoms. The zero-order valence-electron chi connectivity index (χ0n) is 16.5. The number of pyridine rings is 2. The number of aromatic amines is 2. The first-order valence-electron chi connectivity index (χ1n) is 9.65. The number of nitrogens with zero attached hydrogens (tertiary/aromatic N) is 4. The minimum atomic E-state index is 0.685. The lowest BCUT2D eigenvalue weighted by Gasteiger charge is -2.03. The summed E-state index contributed by atoms with van der Waals surface area (Å²) in [7, 11) is 1.62. The van der Waals surface area contributed by atoms with Crippen LogP contribution in [0.5, 0.6) is 5.75 Å². The molecule has 0 fully saturated rings. The maximum atomic E-state index is 5.29. The normalized spacial score (nSPS) is 11.4. The molecule has 8 heteroatoms. The second kappa shape index (κ2) is 7.03. The van der Waals surface area contributed by atoms with Crippen molar-refractivity contribution in [3.05, 3.63) is 65.7 Å². The summed E-state index contributed by atoms with van der Waals surface area (Å²) in [4.78, 5) is 17.1. The van der Waals surface area contributed by atoms with Crippen molar-refractivity contribution >= 4 is 33.3 Å². The average molecular weight is 424 g/mol. The zero-order valence-corrected chi connectivity index (χ0v) is 17.3. The van der Waals surface area contributed by atoms with Gasteiger partial charge in [0.2, 0.25) is 0 Å². The summed E-state index contributed by atoms with van der Waals surface area (Å²) >= 11 is 1.68. The van der Waals surface area contributed by atoms with E-state index in [1.54, 1.807) is 37.0 Å². The average Bonchev–Trinajstić information content (AvgIpc) is 3.57. The van der Waals surface area contributed by atoms with E-state index in [9.17, 15) is 0 Å². The predicted octanol–water partition coefficient (Wildman–Crippen LogP) is 5.30. The quantitative estimate of drug-likeness (QED) is 0.401. The zero-order chi connectivity index (χ0) is 20.8. The molecule has 0 amide bonds. The van der Waals surface area contributed by atoms with Crippen LogP contribution in [0.1, 0.15) is 0 Å². The Morgan fingerprint density at radius 1 is 1.00 bits per heavy atom. The molecule has 0 unspecified atom stereocenters. The van der Waals surface area contributed by atoms with E-state index >= 15 is 0 Å². The fourth-order valence-corrected chi connectivity index (χ4v) is 4.38. The first-order chi connectivity index (χ1) is 15.3. The molecule has 0 aliphatic carbocycles. The monoisotopic (exact) mass is 424 g/mol. The topological polar surface area (TPSA) is 92.4 Å². The maximum Gasteiger partial charge on any atom is 0.159 e. The second-order valence-corrected chi connectivity index (χ2v) is 7.88. The highest BCUT2D eigenvalue weighted by Gasteiger charge is 2.16. The van der Waals surface area contributed by atoms with E-state index in [1.807, 2.05) is 24.3 Å². The molecule has 0 saturated heterocycles. The van der Waals surface area contributed by atoms with Gasteiger partial charge in [-0.25, -0.2) is 4.98 Å². The SMILES string of the molecule is COc1cncc(-c2cc3c(-c4nc5c(-c6ccsc6)cccc5[nH]4)n[nH]c3cn2)c1. The van der Waals surface area contributed by atoms with Crippen molar-refractivity contribution in [2.24, 2.45) is 0 Å². The fourth-order valence-electron chi connectivity index (χ4n) is 3.72. The van der Waals surface area contributed by atoms with Crippen molar-refractivity contribution < 1.29 is 4.74 Å². The van der Waals surface area contributed by atoms with Crippen LogP contribution in [0.25, 0.3) is 55.8 Å². The van der Waals surface area contributed by atoms with E-state index in [0.29, 0.717) is 11.6 Å². The molecule has 0 aliphatic heterocycles. The van der Waals surface area contributed by atoms with Crippen molar-refractivity contribution in [3.63, 3.8) is 0 Å². The Bertz CT molecular complexity index is 1530. The molecule has 6 rings (SSSR count). The Kier molecular flexibility index (Phi) is 4.03. The molecule has 0 aliphatic rings. The summed E-state index contributed by atoms with van der Waals surface area (Å²) in [6, 6.07) is 12.2. The molecule has 0 radical (unpaired) electrons. The molecule has 0 atom stereocenters. The molecular weight excluding hydrogens is 408 g/mol. The van der Waals surface area contributed by atoms with Crippen LogP contribution in [0.4, 0.5) is 0 Å². The maximum absolute atomic E-state index is 5.29. The molecule has 7 nitrogen and oxygen atoms in total. The van der Waals surface area contributed by atoms with E-state index in [-0.39, 0.29) is 0 Å². The number of rotatable bonds is 4. The van der Waals surface area contributed by atoms with Gasteiger partial charge in [-0.2, -0.15) is 16.4 Å². The first-order valence-corrected chi connectivity index (χ1v) is 10.6. The van der Waals surface area contributed by atoms with Gasteiger partial charge in [-0.05, 0) is 40.6 Å². The van der Waals surface area contributed by atoms with Gasteiger partial charge >= 0.3 is 0 Å². The lowest BCUT2D eigenvalue weighted by molar-refractivity contribution is 0.413. The van der Waals surface area contributed by atoms with Gasteiger partial charge in [-0.3, -0.25) is 15.1 Å². The third-order valence-corrected chi connectivity index (χ3v) is 5.94. The van der Waals surface area contributed by atoms with Crippen LogP contribution >= 0.6 is 11.3 Å². The van der Waals surface area contributed by atoms with E-state index in [2.05, 4.69) is 48.0 Å². The number of hydrogen-bond donors (Lipinski definition) is 2. The summed E-state index contributed by atoms with van der Waals surface area (Å²) in [5.74, 6) is 1.40. The Hall–Kier alpha value is -4.04. The summed E-state index contributed by atoms with van der Waals surface area (Å²) < 4.78 is 5.29. The van der Waals surface area contributed by atoms with Gasteiger partial charge in [0.15, 0.2) is 5.82 Å². The second-order valence-electron chi connectivity index (χ2n) is 7.10. The van der Waals surface area contributed by atoms with Crippen LogP contribution in [-0.2, 0) is 0 Å². The van der Waals surface area contributed by atoms with Crippen LogP contribution in [0, 0.1) is 0 Å². The minimum Gasteiger partial charge on any atom is -0.495 e. The van der Waals surface area contributed by atoms with Gasteiger partial charge in [-0.15, -0.1) is 0 Å². The number of H-pyrrole nitrogens is 2. The van der Waals surface area contributed by atoms with Crippen LogP contribution in [0.15, 0.2) is 65.7 Å². The third kappa shape index (κ3) is 2.96. The number of para-hydroxylation sites is 1. The van der Waals surface area contributed by atoms with Gasteiger partial charge in [-0.1, -0.05) is 12.1 Å². The Morgan fingerprint density at radius 2 is 1.97 bits per heavy atom. The Morgan fingerprint density at radius 3 is 2.84 bits per heavy atom. The molecule has 1 aromatic carbocycles. The minimum absolute atomic E-state index is 0.685. The number of benzene rings is 1. The third-order valence-electron chi connectivity index (χ3n) is 5.26. The van der Waals surface area contributed by atoms with Gasteiger partial charge in [0.25, 0.3) is 0 Å². The molecule has 5 heterocycles. The number of thiophene rings is 1. The number of hydrogen-bond acceptors (Lipinski definition) is 6. The molecule has 5 aromatic heterocycles. The van der Waals surface area contributed by atoms with Crippen molar-refractivity contribution in [1.29, 1.82) is 0 Å². The summed E-state index contributed by atoms with van der Waals surface area (Å²) in [5.41, 5.74) is 7.42. The van der Waals surface area contributed by atoms with Crippen molar-refractivity contribution in [2.45, 2.75) is 0 Å². The summed E-state index contributed by atoms with van der Waals surface area (Å²) in [6.07, 6.45) is 5.22. The number of fused-ring (bicyclic) bond motifs is 2. The number of ether oxygens (including phenoxy) is 1. The highest BCUT2D eigenvalue weighted by Crippen LogP contribution is 2.33. The number of methoxy groups -OCH3 is 1. The molecule has 2 N–H and O–H groups in total. The van der Waals surface area contributed by atoms with Gasteiger partial charge in [0.05, 0.1) is 41.7 Å². The van der Waals surface area contributed by atoms with Crippen LogP contribution < -0.4 is 4.74 Å². The largest absolute Gasteiger partial charge is 0.495 e. The van der Waals surface area contributed by atoms with E-state index in [4.69, 9.17) is 9.72 Å². The number of imidazole rings is 1. The number of aromatic nitrogens is 6. The molecular formula is C23H16N6OS. The summed E-state index contributed by atoms with van der Waals surface area (Å²) in [6.45, 7) is 0. The van der Waals surface area contributed by atoms with Gasteiger partial charge in [0, 0.05) is 22.7 Å². The molecule has 150 valence electrons. The highest BCUT2D eigenvalue weighted by molar-refractivity contribution is 7.08. The smallest absolute Gasteiger partial charge is 0.159 e. The van der Waals surface area contributed by atoms with Crippen molar-refractivity contribution in [3.8, 4) is 39.7 Å². The van der Waals surface area contributed by atoms with E-state index in [1.165, 1.54) is 0 Å². The Balaban J connectivity index is 1.50. The molecule has 6 aromatic rings. The molecule has 31 heavy (non-hydrogen) atoms. The Labute approximate surface area is 180 Å². The van der Waals surface area contributed by atoms with E-state index in [0.717, 1.165) is 50.0 Å². The lowest BCUT2D eigenvalue weighted by Crippen LogP contribution is -1.89. The first kappa shape index (κ1) is 17.8. The molecule has 0 bridgehead atoms. The van der Waals surface area contributed by atoms with Crippen LogP contribution in [0.3, 0.4) is 0 Å². The van der Waals surface area contributed by atoms with Crippen molar-refractivity contribution in [2.75, 3.05) is 7.11 Å². The van der Waals surface area contributed by atoms with Crippen molar-refractivity contribution in [1.82, 2.24) is 30.1 Å². The standard InChI is InChI=1S/C23H16N6OS/c1-30-15-7-14(9-24-10-15)19-8-17-20(11-25-19)28-29-22(17)23-26-18-4-2-3-16(21(18)27-23)13-5-6-31-12-13/h2-12H,1H3,(H,26,27)(H,28,29). The number of nitrogens with one attached hydrogen (secondary N) is 2. The van der Waals surface area contributed by atoms with E-state index < -0.39 is 0 Å². The molecule has 0 saturated carbocycles. The van der Waals surface area contributed by atoms with Gasteiger partial charge in [0.1, 0.15) is 11.4 Å². The van der Waals surface area contributed by atoms with Crippen LogP contribution in [0.2, 0.25) is 0 Å². The fraction of sp³-hybridized carbons (Fsp3) is 0.0435.